The number of dihydropyridines is 1. The fourth-order valence-corrected chi connectivity index (χ4v) is 4.90. The summed E-state index contributed by atoms with van der Waals surface area (Å²) in [6.45, 7) is 1.67. The normalized spacial score (nSPS) is 14.8. The van der Waals surface area contributed by atoms with E-state index in [0.717, 1.165) is 11.8 Å². The van der Waals surface area contributed by atoms with Gasteiger partial charge < -0.3 is 25.1 Å². The van der Waals surface area contributed by atoms with Crippen LogP contribution in [0, 0.1) is 17.1 Å². The summed E-state index contributed by atoms with van der Waals surface area (Å²) in [4.78, 5) is 38.3. The van der Waals surface area contributed by atoms with Crippen molar-refractivity contribution in [2.24, 2.45) is 0 Å². The highest BCUT2D eigenvalue weighted by atomic mass is 32.2. The van der Waals surface area contributed by atoms with Gasteiger partial charge in [0.1, 0.15) is 11.6 Å². The maximum absolute atomic E-state index is 13.6. The second-order valence-corrected chi connectivity index (χ2v) is 9.29. The first-order chi connectivity index (χ1) is 18.8. The number of nitriles is 1. The van der Waals surface area contributed by atoms with Gasteiger partial charge in [0.2, 0.25) is 5.91 Å². The third-order valence-corrected chi connectivity index (χ3v) is 6.79. The fourth-order valence-electron chi connectivity index (χ4n) is 4.01. The number of halogens is 1. The van der Waals surface area contributed by atoms with Crippen LogP contribution in [0.4, 0.5) is 15.8 Å². The van der Waals surface area contributed by atoms with E-state index in [4.69, 9.17) is 9.15 Å². The number of amides is 2. The van der Waals surface area contributed by atoms with Crippen LogP contribution in [-0.2, 0) is 14.3 Å². The second-order valence-electron chi connectivity index (χ2n) is 8.30. The molecule has 0 aliphatic carbocycles. The van der Waals surface area contributed by atoms with Gasteiger partial charge in [-0.1, -0.05) is 23.9 Å². The number of ether oxygens (including phenoxy) is 1. The predicted octanol–water partition coefficient (Wildman–Crippen LogP) is 4.91. The van der Waals surface area contributed by atoms with Crippen LogP contribution in [0.2, 0.25) is 0 Å². The minimum atomic E-state index is -0.876. The quantitative estimate of drug-likeness (QED) is 0.340. The third kappa shape index (κ3) is 6.19. The van der Waals surface area contributed by atoms with Gasteiger partial charge in [-0.15, -0.1) is 0 Å². The molecule has 1 aliphatic heterocycles. The molecule has 2 aromatic carbocycles. The number of rotatable bonds is 8. The number of esters is 1. The van der Waals surface area contributed by atoms with Crippen molar-refractivity contribution in [3.63, 3.8) is 0 Å². The molecule has 3 N–H and O–H groups in total. The fraction of sp³-hybridized carbons (Fsp3) is 0.143. The molecule has 1 aliphatic rings. The van der Waals surface area contributed by atoms with E-state index < -0.39 is 23.6 Å². The Hall–Kier alpha value is -4.82. The number of nitrogens with one attached hydrogen (secondary N) is 3. The Labute approximate surface area is 227 Å². The van der Waals surface area contributed by atoms with E-state index in [1.807, 2.05) is 0 Å². The van der Waals surface area contributed by atoms with E-state index in [1.54, 1.807) is 37.3 Å². The van der Waals surface area contributed by atoms with E-state index in [0.29, 0.717) is 22.2 Å². The van der Waals surface area contributed by atoms with Gasteiger partial charge >= 0.3 is 5.97 Å². The van der Waals surface area contributed by atoms with Crippen molar-refractivity contribution in [3.8, 4) is 6.07 Å². The summed E-state index contributed by atoms with van der Waals surface area (Å²) in [5.74, 6) is -2.53. The number of para-hydroxylation sites is 1. The lowest BCUT2D eigenvalue weighted by Gasteiger charge is -2.28. The monoisotopic (exact) mass is 546 g/mol. The first-order valence-corrected chi connectivity index (χ1v) is 12.6. The first kappa shape index (κ1) is 27.2. The minimum absolute atomic E-state index is 0.0585. The van der Waals surface area contributed by atoms with Crippen molar-refractivity contribution in [2.75, 3.05) is 23.5 Å². The van der Waals surface area contributed by atoms with Gasteiger partial charge in [-0.3, -0.25) is 9.59 Å². The predicted molar refractivity (Wildman–Crippen MR) is 144 cm³/mol. The Morgan fingerprint density at radius 2 is 1.85 bits per heavy atom. The molecule has 0 bridgehead atoms. The summed E-state index contributed by atoms with van der Waals surface area (Å²) in [6, 6.07) is 17.2. The van der Waals surface area contributed by atoms with Crippen molar-refractivity contribution in [3.05, 3.63) is 106 Å². The Morgan fingerprint density at radius 1 is 1.10 bits per heavy atom. The Kier molecular flexibility index (Phi) is 8.48. The first-order valence-electron chi connectivity index (χ1n) is 11.6. The van der Waals surface area contributed by atoms with Crippen LogP contribution >= 0.6 is 11.8 Å². The Balaban J connectivity index is 1.60. The highest BCUT2D eigenvalue weighted by Gasteiger charge is 2.37. The van der Waals surface area contributed by atoms with E-state index in [2.05, 4.69) is 22.0 Å². The topological polar surface area (TPSA) is 133 Å². The summed E-state index contributed by atoms with van der Waals surface area (Å²) in [6.07, 6.45) is 1.44. The summed E-state index contributed by atoms with van der Waals surface area (Å²) in [5.41, 5.74) is 1.67. The lowest BCUT2D eigenvalue weighted by molar-refractivity contribution is -0.114. The number of hydrogen-bond acceptors (Lipinski definition) is 8. The van der Waals surface area contributed by atoms with Crippen molar-refractivity contribution in [2.45, 2.75) is 12.8 Å². The van der Waals surface area contributed by atoms with Gasteiger partial charge in [-0.05, 0) is 55.5 Å². The smallest absolute Gasteiger partial charge is 0.339 e. The SMILES string of the molecule is COC(=O)c1ccccc1NC(=O)C1=C(C)NC(SCC(=O)Nc2ccc(F)cc2)=C(C#N)[C@@H]1c1ccco1. The number of thioether (sulfide) groups is 1. The highest BCUT2D eigenvalue weighted by Crippen LogP contribution is 2.41. The summed E-state index contributed by atoms with van der Waals surface area (Å²) in [5, 5.41) is 19.0. The molecule has 3 aromatic rings. The highest BCUT2D eigenvalue weighted by molar-refractivity contribution is 8.03. The molecular formula is C28H23FN4O5S. The van der Waals surface area contributed by atoms with E-state index in [1.165, 1.54) is 43.7 Å². The molecule has 2 amide bonds. The lowest BCUT2D eigenvalue weighted by atomic mass is 9.85. The number of carbonyl (C=O) groups excluding carboxylic acids is 3. The van der Waals surface area contributed by atoms with Crippen LogP contribution in [0.15, 0.2) is 93.2 Å². The summed E-state index contributed by atoms with van der Waals surface area (Å²) < 4.78 is 23.6. The summed E-state index contributed by atoms with van der Waals surface area (Å²) in [7, 11) is 1.24. The zero-order valence-corrected chi connectivity index (χ0v) is 21.7. The Morgan fingerprint density at radius 3 is 2.51 bits per heavy atom. The van der Waals surface area contributed by atoms with Crippen LogP contribution in [0.3, 0.4) is 0 Å². The number of furan rings is 1. The van der Waals surface area contributed by atoms with Crippen LogP contribution in [0.1, 0.15) is 29.0 Å². The molecular weight excluding hydrogens is 523 g/mol. The molecule has 1 aromatic heterocycles. The molecule has 0 radical (unpaired) electrons. The molecule has 0 spiro atoms. The average molecular weight is 547 g/mol. The standard InChI is InChI=1S/C28H23FN4O5S/c1-16-24(26(35)33-21-7-4-3-6-19(21)28(36)37-2)25(22-8-5-13-38-22)20(14-30)27(31-16)39-15-23(34)32-18-11-9-17(29)10-12-18/h3-13,25,31H,15H2,1-2H3,(H,32,34)(H,33,35)/t25-/m1/s1. The van der Waals surface area contributed by atoms with Crippen molar-refractivity contribution >= 4 is 40.9 Å². The average Bonchev–Trinajstić information content (AvgIpc) is 3.47. The van der Waals surface area contributed by atoms with Crippen molar-refractivity contribution in [1.29, 1.82) is 5.26 Å². The number of hydrogen-bond donors (Lipinski definition) is 3. The second kappa shape index (κ2) is 12.1. The van der Waals surface area contributed by atoms with E-state index >= 15 is 0 Å². The molecule has 0 unspecified atom stereocenters. The zero-order valence-electron chi connectivity index (χ0n) is 20.9. The van der Waals surface area contributed by atoms with Crippen LogP contribution in [0.25, 0.3) is 0 Å². The van der Waals surface area contributed by atoms with Gasteiger partial charge in [0, 0.05) is 11.4 Å². The molecule has 11 heteroatoms. The van der Waals surface area contributed by atoms with Crippen LogP contribution < -0.4 is 16.0 Å². The van der Waals surface area contributed by atoms with Crippen LogP contribution in [0.5, 0.6) is 0 Å². The minimum Gasteiger partial charge on any atom is -0.468 e. The molecule has 9 nitrogen and oxygen atoms in total. The van der Waals surface area contributed by atoms with Gasteiger partial charge in [-0.25, -0.2) is 9.18 Å². The van der Waals surface area contributed by atoms with Gasteiger partial charge in [-0.2, -0.15) is 5.26 Å². The van der Waals surface area contributed by atoms with Crippen molar-refractivity contribution in [1.82, 2.24) is 5.32 Å². The molecule has 2 heterocycles. The van der Waals surface area contributed by atoms with Gasteiger partial charge in [0.15, 0.2) is 0 Å². The molecule has 39 heavy (non-hydrogen) atoms. The van der Waals surface area contributed by atoms with E-state index in [-0.39, 0.29) is 34.1 Å². The molecule has 198 valence electrons. The molecule has 0 saturated carbocycles. The van der Waals surface area contributed by atoms with E-state index in [9.17, 15) is 24.0 Å². The number of anilines is 2. The largest absolute Gasteiger partial charge is 0.468 e. The summed E-state index contributed by atoms with van der Waals surface area (Å²) >= 11 is 1.08. The third-order valence-electron chi connectivity index (χ3n) is 5.78. The Bertz CT molecular complexity index is 1510. The maximum atomic E-state index is 13.6. The lowest BCUT2D eigenvalue weighted by Crippen LogP contribution is -2.31. The van der Waals surface area contributed by atoms with Crippen molar-refractivity contribution < 1.29 is 27.9 Å². The number of carbonyl (C=O) groups is 3. The molecule has 4 rings (SSSR count). The van der Waals surface area contributed by atoms with Gasteiger partial charge in [0.05, 0.1) is 58.5 Å². The number of benzene rings is 2. The molecule has 1 atom stereocenters. The molecule has 0 saturated heterocycles. The number of nitrogens with zero attached hydrogens (tertiary/aromatic N) is 1. The van der Waals surface area contributed by atoms with Crippen LogP contribution in [-0.4, -0.2) is 30.6 Å². The maximum Gasteiger partial charge on any atom is 0.339 e. The molecule has 0 fully saturated rings. The zero-order chi connectivity index (χ0) is 27.9. The number of allylic oxidation sites excluding steroid dienone is 2. The number of methoxy groups -OCH3 is 1. The van der Waals surface area contributed by atoms with Gasteiger partial charge in [0.25, 0.3) is 5.91 Å².